The molecule has 0 bridgehead atoms. The maximum Gasteiger partial charge on any atom is 0.176 e. The van der Waals surface area contributed by atoms with Crippen molar-refractivity contribution in [2.24, 2.45) is 0 Å². The summed E-state index contributed by atoms with van der Waals surface area (Å²) in [4.78, 5) is 16.7. The zero-order valence-electron chi connectivity index (χ0n) is 10.7. The largest absolute Gasteiger partial charge is 0.301 e. The lowest BCUT2D eigenvalue weighted by Gasteiger charge is -2.33. The Morgan fingerprint density at radius 1 is 1.22 bits per heavy atom. The fraction of sp³-hybridized carbons (Fsp3) is 0.500. The summed E-state index contributed by atoms with van der Waals surface area (Å²) in [7, 11) is 0. The van der Waals surface area contributed by atoms with Crippen molar-refractivity contribution in [1.82, 2.24) is 9.80 Å². The SMILES string of the molecule is CCN1CCN(CC(=O)c2cccc(Cl)c2)CC1. The third kappa shape index (κ3) is 3.55. The number of rotatable bonds is 4. The number of hydrogen-bond donors (Lipinski definition) is 0. The van der Waals surface area contributed by atoms with E-state index in [9.17, 15) is 4.79 Å². The van der Waals surface area contributed by atoms with Gasteiger partial charge >= 0.3 is 0 Å². The van der Waals surface area contributed by atoms with Gasteiger partial charge in [0.25, 0.3) is 0 Å². The summed E-state index contributed by atoms with van der Waals surface area (Å²) < 4.78 is 0. The van der Waals surface area contributed by atoms with Crippen molar-refractivity contribution in [3.63, 3.8) is 0 Å². The van der Waals surface area contributed by atoms with Gasteiger partial charge in [0.05, 0.1) is 6.54 Å². The molecule has 2 rings (SSSR count). The maximum absolute atomic E-state index is 12.1. The van der Waals surface area contributed by atoms with E-state index in [1.54, 1.807) is 12.1 Å². The molecule has 0 atom stereocenters. The van der Waals surface area contributed by atoms with Gasteiger partial charge in [-0.2, -0.15) is 0 Å². The normalized spacial score (nSPS) is 17.9. The fourth-order valence-corrected chi connectivity index (χ4v) is 2.41. The minimum absolute atomic E-state index is 0.155. The Morgan fingerprint density at radius 3 is 2.50 bits per heavy atom. The molecule has 0 radical (unpaired) electrons. The second-order valence-electron chi connectivity index (χ2n) is 4.64. The van der Waals surface area contributed by atoms with E-state index >= 15 is 0 Å². The summed E-state index contributed by atoms with van der Waals surface area (Å²) in [5, 5.41) is 0.622. The highest BCUT2D eigenvalue weighted by Gasteiger charge is 2.18. The third-order valence-corrected chi connectivity index (χ3v) is 3.66. The van der Waals surface area contributed by atoms with Crippen LogP contribution in [0.3, 0.4) is 0 Å². The molecule has 0 amide bonds. The summed E-state index contributed by atoms with van der Waals surface area (Å²) in [5.74, 6) is 0.155. The number of benzene rings is 1. The van der Waals surface area contributed by atoms with E-state index in [2.05, 4.69) is 16.7 Å². The number of Topliss-reactive ketones (excluding diaryl/α,β-unsaturated/α-hetero) is 1. The van der Waals surface area contributed by atoms with Crippen molar-refractivity contribution in [1.29, 1.82) is 0 Å². The maximum atomic E-state index is 12.1. The van der Waals surface area contributed by atoms with Gasteiger partial charge in [0.15, 0.2) is 5.78 Å². The molecule has 0 N–H and O–H groups in total. The van der Waals surface area contributed by atoms with Crippen molar-refractivity contribution in [2.45, 2.75) is 6.92 Å². The number of hydrogen-bond acceptors (Lipinski definition) is 3. The molecule has 4 heteroatoms. The van der Waals surface area contributed by atoms with Gasteiger partial charge in [-0.3, -0.25) is 9.69 Å². The average Bonchev–Trinajstić information content (AvgIpc) is 2.39. The number of nitrogens with zero attached hydrogens (tertiary/aromatic N) is 2. The van der Waals surface area contributed by atoms with E-state index < -0.39 is 0 Å². The van der Waals surface area contributed by atoms with Gasteiger partial charge in [-0.05, 0) is 18.7 Å². The molecule has 1 aromatic rings. The number of carbonyl (C=O) groups is 1. The first-order valence-electron chi connectivity index (χ1n) is 6.42. The Bertz CT molecular complexity index is 414. The molecular weight excluding hydrogens is 248 g/mol. The number of carbonyl (C=O) groups excluding carboxylic acids is 1. The first-order valence-corrected chi connectivity index (χ1v) is 6.80. The summed E-state index contributed by atoms with van der Waals surface area (Å²) in [6.07, 6.45) is 0. The molecular formula is C14H19ClN2O. The lowest BCUT2D eigenvalue weighted by atomic mass is 10.1. The fourth-order valence-electron chi connectivity index (χ4n) is 2.22. The van der Waals surface area contributed by atoms with Crippen LogP contribution in [-0.2, 0) is 0 Å². The molecule has 1 aliphatic rings. The van der Waals surface area contributed by atoms with Crippen molar-refractivity contribution < 1.29 is 4.79 Å². The Kier molecular flexibility index (Phi) is 4.75. The molecule has 0 spiro atoms. The van der Waals surface area contributed by atoms with Crippen molar-refractivity contribution >= 4 is 17.4 Å². The minimum Gasteiger partial charge on any atom is -0.301 e. The minimum atomic E-state index is 0.155. The van der Waals surface area contributed by atoms with E-state index in [1.165, 1.54) is 0 Å². The van der Waals surface area contributed by atoms with Crippen LogP contribution in [0.4, 0.5) is 0 Å². The summed E-state index contributed by atoms with van der Waals surface area (Å²) in [5.41, 5.74) is 0.709. The zero-order chi connectivity index (χ0) is 13.0. The number of halogens is 1. The zero-order valence-corrected chi connectivity index (χ0v) is 11.5. The molecule has 1 aliphatic heterocycles. The Morgan fingerprint density at radius 2 is 1.89 bits per heavy atom. The van der Waals surface area contributed by atoms with Crippen LogP contribution < -0.4 is 0 Å². The summed E-state index contributed by atoms with van der Waals surface area (Å²) in [6, 6.07) is 7.19. The monoisotopic (exact) mass is 266 g/mol. The Balaban J connectivity index is 1.89. The van der Waals surface area contributed by atoms with E-state index in [1.807, 2.05) is 12.1 Å². The second-order valence-corrected chi connectivity index (χ2v) is 5.08. The summed E-state index contributed by atoms with van der Waals surface area (Å²) >= 11 is 5.90. The van der Waals surface area contributed by atoms with Crippen LogP contribution in [-0.4, -0.2) is 54.9 Å². The van der Waals surface area contributed by atoms with Crippen LogP contribution >= 0.6 is 11.6 Å². The van der Waals surface area contributed by atoms with Gasteiger partial charge in [0.1, 0.15) is 0 Å². The van der Waals surface area contributed by atoms with Gasteiger partial charge in [0.2, 0.25) is 0 Å². The molecule has 98 valence electrons. The van der Waals surface area contributed by atoms with E-state index in [0.29, 0.717) is 17.1 Å². The highest BCUT2D eigenvalue weighted by molar-refractivity contribution is 6.31. The first-order chi connectivity index (χ1) is 8.69. The third-order valence-electron chi connectivity index (χ3n) is 3.43. The molecule has 3 nitrogen and oxygen atoms in total. The molecule has 0 aliphatic carbocycles. The first kappa shape index (κ1) is 13.5. The number of piperazine rings is 1. The standard InChI is InChI=1S/C14H19ClN2O/c1-2-16-6-8-17(9-7-16)11-14(18)12-4-3-5-13(15)10-12/h3-5,10H,2,6-9,11H2,1H3. The molecule has 0 aromatic heterocycles. The van der Waals surface area contributed by atoms with Crippen molar-refractivity contribution in [3.05, 3.63) is 34.9 Å². The molecule has 18 heavy (non-hydrogen) atoms. The number of ketones is 1. The van der Waals surface area contributed by atoms with Gasteiger partial charge < -0.3 is 4.90 Å². The molecule has 1 fully saturated rings. The van der Waals surface area contributed by atoms with Crippen molar-refractivity contribution in [2.75, 3.05) is 39.3 Å². The van der Waals surface area contributed by atoms with Gasteiger partial charge in [-0.15, -0.1) is 0 Å². The molecule has 1 saturated heterocycles. The smallest absolute Gasteiger partial charge is 0.176 e. The van der Waals surface area contributed by atoms with Crippen LogP contribution in [0.15, 0.2) is 24.3 Å². The van der Waals surface area contributed by atoms with Crippen LogP contribution in [0.1, 0.15) is 17.3 Å². The highest BCUT2D eigenvalue weighted by Crippen LogP contribution is 2.12. The number of likely N-dealkylation sites (N-methyl/N-ethyl adjacent to an activating group) is 1. The van der Waals surface area contributed by atoms with E-state index in [-0.39, 0.29) is 5.78 Å². The Hall–Kier alpha value is -0.900. The van der Waals surface area contributed by atoms with Crippen LogP contribution in [0.25, 0.3) is 0 Å². The van der Waals surface area contributed by atoms with E-state index in [4.69, 9.17) is 11.6 Å². The predicted molar refractivity (Wildman–Crippen MR) is 74.3 cm³/mol. The lowest BCUT2D eigenvalue weighted by molar-refractivity contribution is 0.0859. The van der Waals surface area contributed by atoms with Gasteiger partial charge in [-0.1, -0.05) is 30.7 Å². The molecule has 0 unspecified atom stereocenters. The molecule has 1 heterocycles. The van der Waals surface area contributed by atoms with E-state index in [0.717, 1.165) is 32.7 Å². The van der Waals surface area contributed by atoms with Crippen LogP contribution in [0, 0.1) is 0 Å². The van der Waals surface area contributed by atoms with Gasteiger partial charge in [-0.25, -0.2) is 0 Å². The quantitative estimate of drug-likeness (QED) is 0.781. The second kappa shape index (κ2) is 6.32. The van der Waals surface area contributed by atoms with Gasteiger partial charge in [0, 0.05) is 36.8 Å². The average molecular weight is 267 g/mol. The predicted octanol–water partition coefficient (Wildman–Crippen LogP) is 2.16. The molecule has 0 saturated carbocycles. The van der Waals surface area contributed by atoms with Crippen LogP contribution in [0.2, 0.25) is 5.02 Å². The van der Waals surface area contributed by atoms with Crippen LogP contribution in [0.5, 0.6) is 0 Å². The highest BCUT2D eigenvalue weighted by atomic mass is 35.5. The Labute approximate surface area is 113 Å². The van der Waals surface area contributed by atoms with Crippen molar-refractivity contribution in [3.8, 4) is 0 Å². The lowest BCUT2D eigenvalue weighted by Crippen LogP contribution is -2.47. The molecule has 1 aromatic carbocycles. The summed E-state index contributed by atoms with van der Waals surface area (Å²) in [6.45, 7) is 7.82. The topological polar surface area (TPSA) is 23.6 Å².